The van der Waals surface area contributed by atoms with Gasteiger partial charge < -0.3 is 15.5 Å². The topological polar surface area (TPSA) is 61.4 Å². The molecule has 0 atom stereocenters. The molecular formula is C10H21N3O2. The number of carbonyl (C=O) groups excluding carboxylic acids is 2. The van der Waals surface area contributed by atoms with E-state index < -0.39 is 0 Å². The predicted molar refractivity (Wildman–Crippen MR) is 59.6 cm³/mol. The lowest BCUT2D eigenvalue weighted by atomic mass is 10.3. The molecule has 0 bridgehead atoms. The van der Waals surface area contributed by atoms with E-state index in [1.54, 1.807) is 11.9 Å². The van der Waals surface area contributed by atoms with Gasteiger partial charge in [0.25, 0.3) is 0 Å². The van der Waals surface area contributed by atoms with Crippen molar-refractivity contribution in [3.63, 3.8) is 0 Å². The highest BCUT2D eigenvalue weighted by molar-refractivity contribution is 5.83. The first-order valence-electron chi connectivity index (χ1n) is 5.37. The lowest BCUT2D eigenvalue weighted by molar-refractivity contribution is -0.128. The molecule has 0 saturated carbocycles. The van der Waals surface area contributed by atoms with Crippen LogP contribution in [0.5, 0.6) is 0 Å². The molecule has 0 unspecified atom stereocenters. The summed E-state index contributed by atoms with van der Waals surface area (Å²) < 4.78 is 0. The summed E-state index contributed by atoms with van der Waals surface area (Å²) in [6.07, 6.45) is 1.99. The molecule has 0 aliphatic carbocycles. The summed E-state index contributed by atoms with van der Waals surface area (Å²) >= 11 is 0. The Morgan fingerprint density at radius 3 is 2.40 bits per heavy atom. The summed E-state index contributed by atoms with van der Waals surface area (Å²) in [4.78, 5) is 24.0. The van der Waals surface area contributed by atoms with Gasteiger partial charge in [0.05, 0.1) is 6.54 Å². The van der Waals surface area contributed by atoms with Crippen LogP contribution in [-0.4, -0.2) is 43.5 Å². The normalized spacial score (nSPS) is 9.53. The highest BCUT2D eigenvalue weighted by Gasteiger charge is 2.07. The molecule has 15 heavy (non-hydrogen) atoms. The Bertz CT molecular complexity index is 207. The van der Waals surface area contributed by atoms with Crippen molar-refractivity contribution in [1.82, 2.24) is 15.5 Å². The second-order valence-corrected chi connectivity index (χ2v) is 3.37. The fourth-order valence-corrected chi connectivity index (χ4v) is 0.908. The molecule has 0 aromatic rings. The number of hydrogen-bond donors (Lipinski definition) is 2. The number of rotatable bonds is 6. The molecular weight excluding hydrogens is 194 g/mol. The minimum absolute atomic E-state index is 0.0578. The van der Waals surface area contributed by atoms with Gasteiger partial charge >= 0.3 is 6.03 Å². The van der Waals surface area contributed by atoms with Crippen molar-refractivity contribution in [3.8, 4) is 0 Å². The van der Waals surface area contributed by atoms with E-state index in [1.165, 1.54) is 0 Å². The molecule has 88 valence electrons. The Morgan fingerprint density at radius 2 is 1.87 bits per heavy atom. The molecule has 3 amide bonds. The fraction of sp³-hybridized carbons (Fsp3) is 0.800. The van der Waals surface area contributed by atoms with E-state index in [2.05, 4.69) is 17.6 Å². The van der Waals surface area contributed by atoms with Gasteiger partial charge in [-0.15, -0.1) is 0 Å². The molecule has 0 spiro atoms. The van der Waals surface area contributed by atoms with E-state index >= 15 is 0 Å². The van der Waals surface area contributed by atoms with Crippen LogP contribution in [0, 0.1) is 0 Å². The molecule has 0 fully saturated rings. The molecule has 0 aliphatic heterocycles. The van der Waals surface area contributed by atoms with Gasteiger partial charge in [-0.2, -0.15) is 0 Å². The van der Waals surface area contributed by atoms with Gasteiger partial charge in [-0.3, -0.25) is 4.79 Å². The van der Waals surface area contributed by atoms with E-state index in [1.807, 2.05) is 6.92 Å². The van der Waals surface area contributed by atoms with E-state index in [0.29, 0.717) is 13.1 Å². The third kappa shape index (κ3) is 6.76. The summed E-state index contributed by atoms with van der Waals surface area (Å²) in [5, 5.41) is 5.19. The summed E-state index contributed by atoms with van der Waals surface area (Å²) in [5.74, 6) is -0.0804. The zero-order chi connectivity index (χ0) is 11.7. The maximum Gasteiger partial charge on any atom is 0.315 e. The number of likely N-dealkylation sites (N-methyl/N-ethyl adjacent to an activating group) is 1. The van der Waals surface area contributed by atoms with Crippen molar-refractivity contribution in [3.05, 3.63) is 0 Å². The zero-order valence-corrected chi connectivity index (χ0v) is 9.80. The molecule has 5 nitrogen and oxygen atoms in total. The Hall–Kier alpha value is -1.26. The molecule has 5 heteroatoms. The van der Waals surface area contributed by atoms with Crippen LogP contribution in [0.3, 0.4) is 0 Å². The Labute approximate surface area is 91.2 Å². The lowest BCUT2D eigenvalue weighted by Gasteiger charge is -2.14. The monoisotopic (exact) mass is 215 g/mol. The average Bonchev–Trinajstić information content (AvgIpc) is 2.25. The van der Waals surface area contributed by atoms with Crippen molar-refractivity contribution in [1.29, 1.82) is 0 Å². The van der Waals surface area contributed by atoms with Gasteiger partial charge in [0.2, 0.25) is 5.91 Å². The minimum Gasteiger partial charge on any atom is -0.345 e. The molecule has 0 aromatic carbocycles. The molecule has 0 heterocycles. The van der Waals surface area contributed by atoms with Crippen LogP contribution in [0.1, 0.15) is 26.7 Å². The number of nitrogens with one attached hydrogen (secondary N) is 2. The van der Waals surface area contributed by atoms with Gasteiger partial charge in [-0.05, 0) is 13.3 Å². The van der Waals surface area contributed by atoms with Crippen LogP contribution >= 0.6 is 0 Å². The highest BCUT2D eigenvalue weighted by Crippen LogP contribution is 1.83. The second-order valence-electron chi connectivity index (χ2n) is 3.37. The van der Waals surface area contributed by atoms with Gasteiger partial charge in [0.15, 0.2) is 0 Å². The van der Waals surface area contributed by atoms with E-state index in [0.717, 1.165) is 12.8 Å². The van der Waals surface area contributed by atoms with E-state index in [-0.39, 0.29) is 18.5 Å². The number of unbranched alkanes of at least 4 members (excludes halogenated alkanes) is 1. The fourth-order valence-electron chi connectivity index (χ4n) is 0.908. The quantitative estimate of drug-likeness (QED) is 0.636. The van der Waals surface area contributed by atoms with Crippen molar-refractivity contribution in [2.75, 3.05) is 26.7 Å². The number of urea groups is 1. The Morgan fingerprint density at radius 1 is 1.20 bits per heavy atom. The van der Waals surface area contributed by atoms with Crippen molar-refractivity contribution in [2.24, 2.45) is 0 Å². The lowest BCUT2D eigenvalue weighted by Crippen LogP contribution is -2.42. The van der Waals surface area contributed by atoms with Crippen molar-refractivity contribution < 1.29 is 9.59 Å². The number of carbonyl (C=O) groups is 2. The minimum atomic E-state index is -0.277. The molecule has 2 N–H and O–H groups in total. The predicted octanol–water partition coefficient (Wildman–Crippen LogP) is 0.564. The van der Waals surface area contributed by atoms with Crippen molar-refractivity contribution >= 4 is 11.9 Å². The summed E-state index contributed by atoms with van der Waals surface area (Å²) in [6.45, 7) is 5.30. The van der Waals surface area contributed by atoms with E-state index in [9.17, 15) is 9.59 Å². The third-order valence-corrected chi connectivity index (χ3v) is 2.12. The van der Waals surface area contributed by atoms with Crippen molar-refractivity contribution in [2.45, 2.75) is 26.7 Å². The van der Waals surface area contributed by atoms with E-state index in [4.69, 9.17) is 0 Å². The van der Waals surface area contributed by atoms with Gasteiger partial charge in [-0.1, -0.05) is 13.3 Å². The first kappa shape index (κ1) is 13.7. The summed E-state index contributed by atoms with van der Waals surface area (Å²) in [7, 11) is 1.71. The summed E-state index contributed by atoms with van der Waals surface area (Å²) in [5.41, 5.74) is 0. The molecule has 0 saturated heterocycles. The SMILES string of the molecule is CCCCNC(=O)NCC(=O)N(C)CC. The second kappa shape index (κ2) is 8.08. The van der Waals surface area contributed by atoms with Crippen LogP contribution < -0.4 is 10.6 Å². The van der Waals surface area contributed by atoms with Crippen LogP contribution in [0.15, 0.2) is 0 Å². The number of amides is 3. The standard InChI is InChI=1S/C10H21N3O2/c1-4-6-7-11-10(15)12-8-9(14)13(3)5-2/h4-8H2,1-3H3,(H2,11,12,15). The first-order chi connectivity index (χ1) is 7.11. The Kier molecular flexibility index (Phi) is 7.40. The van der Waals surface area contributed by atoms with Gasteiger partial charge in [-0.25, -0.2) is 4.79 Å². The van der Waals surface area contributed by atoms with Crippen LogP contribution in [0.2, 0.25) is 0 Å². The maximum absolute atomic E-state index is 11.3. The van der Waals surface area contributed by atoms with Crippen LogP contribution in [0.4, 0.5) is 4.79 Å². The largest absolute Gasteiger partial charge is 0.345 e. The smallest absolute Gasteiger partial charge is 0.315 e. The molecule has 0 radical (unpaired) electrons. The Balaban J connectivity index is 3.57. The molecule has 0 aliphatic rings. The third-order valence-electron chi connectivity index (χ3n) is 2.12. The highest BCUT2D eigenvalue weighted by atomic mass is 16.2. The molecule has 0 rings (SSSR count). The number of hydrogen-bond acceptors (Lipinski definition) is 2. The van der Waals surface area contributed by atoms with Gasteiger partial charge in [0, 0.05) is 20.1 Å². The zero-order valence-electron chi connectivity index (χ0n) is 9.80. The first-order valence-corrected chi connectivity index (χ1v) is 5.37. The maximum atomic E-state index is 11.3. The summed E-state index contributed by atoms with van der Waals surface area (Å²) in [6, 6.07) is -0.277. The average molecular weight is 215 g/mol. The van der Waals surface area contributed by atoms with Crippen LogP contribution in [-0.2, 0) is 4.79 Å². The van der Waals surface area contributed by atoms with Gasteiger partial charge in [0.1, 0.15) is 0 Å². The molecule has 0 aromatic heterocycles. The number of nitrogens with zero attached hydrogens (tertiary/aromatic N) is 1. The van der Waals surface area contributed by atoms with Crippen LogP contribution in [0.25, 0.3) is 0 Å².